The largest absolute Gasteiger partial charge is 0.368 e. The fourth-order valence-electron chi connectivity index (χ4n) is 2.61. The molecule has 0 N–H and O–H groups in total. The van der Waals surface area contributed by atoms with Crippen molar-refractivity contribution in [2.75, 3.05) is 26.7 Å². The van der Waals surface area contributed by atoms with Crippen LogP contribution in [0, 0.1) is 0 Å². The van der Waals surface area contributed by atoms with E-state index >= 15 is 0 Å². The number of nitrogens with zero attached hydrogens (tertiary/aromatic N) is 2. The van der Waals surface area contributed by atoms with E-state index in [9.17, 15) is 4.79 Å². The number of likely N-dealkylation sites (N-methyl/N-ethyl adjacent to an activating group) is 1. The first-order valence-corrected chi connectivity index (χ1v) is 7.65. The van der Waals surface area contributed by atoms with Crippen molar-refractivity contribution in [2.45, 2.75) is 39.0 Å². The maximum absolute atomic E-state index is 12.2. The van der Waals surface area contributed by atoms with Gasteiger partial charge in [-0.05, 0) is 26.3 Å². The van der Waals surface area contributed by atoms with E-state index in [1.54, 1.807) is 4.90 Å². The van der Waals surface area contributed by atoms with E-state index in [2.05, 4.69) is 24.0 Å². The Bertz CT molecular complexity index is 461. The molecule has 1 aromatic rings. The van der Waals surface area contributed by atoms with Gasteiger partial charge < -0.3 is 9.64 Å². The zero-order valence-corrected chi connectivity index (χ0v) is 13.5. The van der Waals surface area contributed by atoms with Gasteiger partial charge in [0.15, 0.2) is 0 Å². The lowest BCUT2D eigenvalue weighted by Gasteiger charge is -2.37. The topological polar surface area (TPSA) is 32.8 Å². The highest BCUT2D eigenvalue weighted by molar-refractivity contribution is 5.78. The van der Waals surface area contributed by atoms with Crippen LogP contribution in [0.4, 0.5) is 0 Å². The maximum atomic E-state index is 12.2. The third-order valence-electron chi connectivity index (χ3n) is 4.03. The second-order valence-corrected chi connectivity index (χ2v) is 6.14. The molecule has 0 aromatic heterocycles. The molecule has 1 aliphatic rings. The molecule has 1 amide bonds. The summed E-state index contributed by atoms with van der Waals surface area (Å²) in [6.45, 7) is 8.18. The first-order valence-electron chi connectivity index (χ1n) is 7.65. The van der Waals surface area contributed by atoms with Crippen molar-refractivity contribution < 1.29 is 9.53 Å². The van der Waals surface area contributed by atoms with Gasteiger partial charge >= 0.3 is 0 Å². The smallest absolute Gasteiger partial charge is 0.236 e. The summed E-state index contributed by atoms with van der Waals surface area (Å²) in [5, 5.41) is 0. The summed E-state index contributed by atoms with van der Waals surface area (Å²) in [4.78, 5) is 16.3. The minimum atomic E-state index is 0.0482. The Morgan fingerprint density at radius 1 is 1.33 bits per heavy atom. The quantitative estimate of drug-likeness (QED) is 0.853. The zero-order valence-electron chi connectivity index (χ0n) is 13.5. The summed E-state index contributed by atoms with van der Waals surface area (Å²) >= 11 is 0. The number of carbonyl (C=O) groups is 1. The second-order valence-electron chi connectivity index (χ2n) is 6.14. The number of rotatable bonds is 4. The van der Waals surface area contributed by atoms with E-state index in [1.807, 2.05) is 39.1 Å². The molecule has 0 radical (unpaired) electrons. The Hall–Kier alpha value is -1.39. The van der Waals surface area contributed by atoms with Gasteiger partial charge in [-0.1, -0.05) is 30.3 Å². The van der Waals surface area contributed by atoms with Gasteiger partial charge in [-0.15, -0.1) is 0 Å². The van der Waals surface area contributed by atoms with Crippen molar-refractivity contribution >= 4 is 5.91 Å². The first kappa shape index (κ1) is 16.0. The van der Waals surface area contributed by atoms with Gasteiger partial charge in [-0.3, -0.25) is 9.69 Å². The summed E-state index contributed by atoms with van der Waals surface area (Å²) in [5.74, 6) is 0.172. The van der Waals surface area contributed by atoms with Gasteiger partial charge in [0.25, 0.3) is 0 Å². The van der Waals surface area contributed by atoms with E-state index in [-0.39, 0.29) is 24.2 Å². The molecule has 1 aliphatic heterocycles. The minimum Gasteiger partial charge on any atom is -0.368 e. The summed E-state index contributed by atoms with van der Waals surface area (Å²) in [6, 6.07) is 10.5. The van der Waals surface area contributed by atoms with Crippen LogP contribution in [0.2, 0.25) is 0 Å². The van der Waals surface area contributed by atoms with Gasteiger partial charge in [0.2, 0.25) is 5.91 Å². The van der Waals surface area contributed by atoms with Crippen LogP contribution >= 0.6 is 0 Å². The van der Waals surface area contributed by atoms with Crippen LogP contribution in [0.25, 0.3) is 0 Å². The van der Waals surface area contributed by atoms with Crippen LogP contribution in [0.3, 0.4) is 0 Å². The lowest BCUT2D eigenvalue weighted by atomic mass is 10.1. The molecular formula is C17H26N2O2. The molecule has 0 saturated carbocycles. The molecule has 21 heavy (non-hydrogen) atoms. The molecular weight excluding hydrogens is 264 g/mol. The predicted octanol–water partition coefficient (Wildman–Crippen LogP) is 2.32. The maximum Gasteiger partial charge on any atom is 0.236 e. The van der Waals surface area contributed by atoms with Crippen LogP contribution in [-0.4, -0.2) is 54.5 Å². The van der Waals surface area contributed by atoms with Crippen molar-refractivity contribution in [3.8, 4) is 0 Å². The highest BCUT2D eigenvalue weighted by atomic mass is 16.5. The Morgan fingerprint density at radius 3 is 2.62 bits per heavy atom. The fourth-order valence-corrected chi connectivity index (χ4v) is 2.61. The molecule has 1 fully saturated rings. The van der Waals surface area contributed by atoms with E-state index in [0.29, 0.717) is 6.54 Å². The van der Waals surface area contributed by atoms with Gasteiger partial charge in [0.05, 0.1) is 18.8 Å². The summed E-state index contributed by atoms with van der Waals surface area (Å²) in [5.41, 5.74) is 1.18. The van der Waals surface area contributed by atoms with Crippen molar-refractivity contribution in [3.05, 3.63) is 35.9 Å². The molecule has 2 unspecified atom stereocenters. The monoisotopic (exact) mass is 290 g/mol. The summed E-state index contributed by atoms with van der Waals surface area (Å²) in [6.07, 6.45) is 0.188. The van der Waals surface area contributed by atoms with Crippen molar-refractivity contribution in [1.82, 2.24) is 9.80 Å². The molecule has 1 heterocycles. The number of hydrogen-bond acceptors (Lipinski definition) is 3. The highest BCUT2D eigenvalue weighted by Gasteiger charge is 2.28. The third kappa shape index (κ3) is 4.29. The number of amides is 1. The minimum absolute atomic E-state index is 0.0482. The molecule has 1 aromatic carbocycles. The molecule has 2 rings (SSSR count). The summed E-state index contributed by atoms with van der Waals surface area (Å²) in [7, 11) is 1.87. The van der Waals surface area contributed by atoms with Crippen molar-refractivity contribution in [1.29, 1.82) is 0 Å². The molecule has 4 nitrogen and oxygen atoms in total. The molecule has 0 spiro atoms. The molecule has 116 valence electrons. The fraction of sp³-hybridized carbons (Fsp3) is 0.588. The predicted molar refractivity (Wildman–Crippen MR) is 84.1 cm³/mol. The Kier molecular flexibility index (Phi) is 5.37. The van der Waals surface area contributed by atoms with E-state index in [4.69, 9.17) is 4.74 Å². The van der Waals surface area contributed by atoms with Gasteiger partial charge in [-0.25, -0.2) is 0 Å². The molecule has 1 saturated heterocycles. The SMILES string of the molecule is CC1CN(CC(=O)N(C)C(C)C)CC(c2ccccc2)O1. The molecule has 2 atom stereocenters. The van der Waals surface area contributed by atoms with Crippen LogP contribution in [0.15, 0.2) is 30.3 Å². The van der Waals surface area contributed by atoms with Gasteiger partial charge in [-0.2, -0.15) is 0 Å². The standard InChI is InChI=1S/C17H26N2O2/c1-13(2)18(4)17(20)12-19-10-14(3)21-16(11-19)15-8-6-5-7-9-15/h5-9,13-14,16H,10-12H2,1-4H3. The van der Waals surface area contributed by atoms with Crippen LogP contribution in [0.5, 0.6) is 0 Å². The molecule has 0 aliphatic carbocycles. The average molecular weight is 290 g/mol. The lowest BCUT2D eigenvalue weighted by Crippen LogP contribution is -2.48. The van der Waals surface area contributed by atoms with E-state index in [0.717, 1.165) is 13.1 Å². The zero-order chi connectivity index (χ0) is 15.4. The normalized spacial score (nSPS) is 23.3. The van der Waals surface area contributed by atoms with Gasteiger partial charge in [0.1, 0.15) is 0 Å². The lowest BCUT2D eigenvalue weighted by molar-refractivity contribution is -0.136. The first-order chi connectivity index (χ1) is 9.97. The Labute approximate surface area is 127 Å². The number of ether oxygens (including phenoxy) is 1. The van der Waals surface area contributed by atoms with Gasteiger partial charge in [0, 0.05) is 26.2 Å². The number of carbonyl (C=O) groups excluding carboxylic acids is 1. The average Bonchev–Trinajstić information content (AvgIpc) is 2.46. The highest BCUT2D eigenvalue weighted by Crippen LogP contribution is 2.24. The number of hydrogen-bond donors (Lipinski definition) is 0. The molecule has 0 bridgehead atoms. The van der Waals surface area contributed by atoms with E-state index in [1.165, 1.54) is 5.56 Å². The Morgan fingerprint density at radius 2 is 2.00 bits per heavy atom. The number of benzene rings is 1. The van der Waals surface area contributed by atoms with E-state index < -0.39 is 0 Å². The van der Waals surface area contributed by atoms with Crippen molar-refractivity contribution in [3.63, 3.8) is 0 Å². The third-order valence-corrected chi connectivity index (χ3v) is 4.03. The van der Waals surface area contributed by atoms with Crippen LogP contribution in [-0.2, 0) is 9.53 Å². The number of morpholine rings is 1. The van der Waals surface area contributed by atoms with Crippen molar-refractivity contribution in [2.24, 2.45) is 0 Å². The van der Waals surface area contributed by atoms with Crippen LogP contribution in [0.1, 0.15) is 32.4 Å². The summed E-state index contributed by atoms with van der Waals surface area (Å²) < 4.78 is 6.03. The Balaban J connectivity index is 2.00. The van der Waals surface area contributed by atoms with Crippen LogP contribution < -0.4 is 0 Å². The second kappa shape index (κ2) is 7.05. The molecule has 4 heteroatoms.